The lowest BCUT2D eigenvalue weighted by Crippen LogP contribution is -2.44. The van der Waals surface area contributed by atoms with Crippen molar-refractivity contribution in [3.63, 3.8) is 0 Å². The first-order valence-electron chi connectivity index (χ1n) is 7.93. The fraction of sp³-hybridized carbons (Fsp3) is 0.600. The van der Waals surface area contributed by atoms with Crippen molar-refractivity contribution in [3.8, 4) is 0 Å². The van der Waals surface area contributed by atoms with Crippen LogP contribution in [0, 0.1) is 12.8 Å². The van der Waals surface area contributed by atoms with Crippen molar-refractivity contribution in [1.29, 1.82) is 0 Å². The number of ether oxygens (including phenoxy) is 1. The Kier molecular flexibility index (Phi) is 4.52. The summed E-state index contributed by atoms with van der Waals surface area (Å²) in [4.78, 5) is 16.5. The molecule has 0 aliphatic carbocycles. The normalized spacial score (nSPS) is 17.9. The summed E-state index contributed by atoms with van der Waals surface area (Å²) in [5.41, 5.74) is -0.782. The number of aromatic nitrogens is 4. The number of nitrogens with zero attached hydrogens (tertiary/aromatic N) is 4. The quantitative estimate of drug-likeness (QED) is 0.861. The molecule has 0 bridgehead atoms. The fourth-order valence-corrected chi connectivity index (χ4v) is 2.59. The third-order valence-corrected chi connectivity index (χ3v) is 3.90. The van der Waals surface area contributed by atoms with Crippen LogP contribution < -0.4 is 10.6 Å². The zero-order valence-corrected chi connectivity index (χ0v) is 14.1. The van der Waals surface area contributed by atoms with Crippen LogP contribution in [0.1, 0.15) is 32.0 Å². The molecule has 1 unspecified atom stereocenters. The lowest BCUT2D eigenvalue weighted by molar-refractivity contribution is 0.181. The first kappa shape index (κ1) is 16.4. The van der Waals surface area contributed by atoms with Crippen molar-refractivity contribution in [2.75, 3.05) is 18.5 Å². The summed E-state index contributed by atoms with van der Waals surface area (Å²) in [6.45, 7) is 7.56. The highest BCUT2D eigenvalue weighted by atomic mass is 16.5. The Bertz CT molecular complexity index is 702. The second-order valence-electron chi connectivity index (χ2n) is 6.48. The van der Waals surface area contributed by atoms with Crippen LogP contribution in [0.15, 0.2) is 16.8 Å². The van der Waals surface area contributed by atoms with Gasteiger partial charge in [0.1, 0.15) is 11.4 Å². The highest BCUT2D eigenvalue weighted by molar-refractivity contribution is 5.88. The van der Waals surface area contributed by atoms with E-state index in [2.05, 4.69) is 25.9 Å². The summed E-state index contributed by atoms with van der Waals surface area (Å²) in [6.07, 6.45) is 2.67. The zero-order chi connectivity index (χ0) is 17.2. The second kappa shape index (κ2) is 6.60. The number of anilines is 1. The number of amides is 2. The molecule has 1 aliphatic heterocycles. The largest absolute Gasteiger partial charge is 0.381 e. The van der Waals surface area contributed by atoms with Crippen LogP contribution in [-0.4, -0.2) is 39.2 Å². The molecule has 0 spiro atoms. The molecule has 2 aromatic heterocycles. The van der Waals surface area contributed by atoms with Gasteiger partial charge in [-0.2, -0.15) is 10.1 Å². The fourth-order valence-electron chi connectivity index (χ4n) is 2.59. The van der Waals surface area contributed by atoms with Gasteiger partial charge in [-0.25, -0.2) is 9.48 Å². The number of nitrogens with one attached hydrogen (secondary N) is 2. The number of hydrogen-bond acceptors (Lipinski definition) is 6. The molecule has 0 radical (unpaired) electrons. The Morgan fingerprint density at radius 2 is 2.33 bits per heavy atom. The molecular weight excluding hydrogens is 312 g/mol. The predicted octanol–water partition coefficient (Wildman–Crippen LogP) is 1.67. The highest BCUT2D eigenvalue weighted by Gasteiger charge is 2.29. The maximum Gasteiger partial charge on any atom is 0.321 e. The predicted molar refractivity (Wildman–Crippen MR) is 85.4 cm³/mol. The Morgan fingerprint density at radius 3 is 3.00 bits per heavy atom. The molecule has 1 saturated heterocycles. The standard InChI is InChI=1S/C15H22N6O3/c1-10-17-13(24-20-10)15(2,3)19-14(22)18-12-4-6-16-21(12)8-11-5-7-23-9-11/h4,6,11H,5,7-9H2,1-3H3,(H2,18,19,22). The maximum absolute atomic E-state index is 12.3. The van der Waals surface area contributed by atoms with E-state index in [0.717, 1.165) is 26.2 Å². The Labute approximate surface area is 139 Å². The third-order valence-electron chi connectivity index (χ3n) is 3.90. The minimum Gasteiger partial charge on any atom is -0.381 e. The average Bonchev–Trinajstić information content (AvgIpc) is 3.22. The zero-order valence-electron chi connectivity index (χ0n) is 14.1. The van der Waals surface area contributed by atoms with E-state index in [1.165, 1.54) is 0 Å². The van der Waals surface area contributed by atoms with E-state index in [4.69, 9.17) is 9.26 Å². The smallest absolute Gasteiger partial charge is 0.321 e. The van der Waals surface area contributed by atoms with Gasteiger partial charge in [-0.3, -0.25) is 5.32 Å². The molecule has 9 nitrogen and oxygen atoms in total. The summed E-state index contributed by atoms with van der Waals surface area (Å²) in [5, 5.41) is 13.7. The van der Waals surface area contributed by atoms with Gasteiger partial charge in [0.05, 0.1) is 12.8 Å². The van der Waals surface area contributed by atoms with Crippen LogP contribution >= 0.6 is 0 Å². The van der Waals surface area contributed by atoms with E-state index in [9.17, 15) is 4.79 Å². The van der Waals surface area contributed by atoms with Gasteiger partial charge in [-0.05, 0) is 27.2 Å². The summed E-state index contributed by atoms with van der Waals surface area (Å²) in [5.74, 6) is 1.94. The monoisotopic (exact) mass is 334 g/mol. The number of aryl methyl sites for hydroxylation is 1. The van der Waals surface area contributed by atoms with E-state index in [-0.39, 0.29) is 6.03 Å². The van der Waals surface area contributed by atoms with Crippen molar-refractivity contribution in [2.45, 2.75) is 39.3 Å². The number of urea groups is 1. The van der Waals surface area contributed by atoms with Gasteiger partial charge in [-0.1, -0.05) is 5.16 Å². The van der Waals surface area contributed by atoms with Crippen LogP contribution in [0.25, 0.3) is 0 Å². The number of carbonyl (C=O) groups is 1. The Hall–Kier alpha value is -2.42. The molecule has 1 atom stereocenters. The maximum atomic E-state index is 12.3. The van der Waals surface area contributed by atoms with Crippen LogP contribution in [-0.2, 0) is 16.8 Å². The Balaban J connectivity index is 1.61. The molecule has 1 aliphatic rings. The summed E-state index contributed by atoms with van der Waals surface area (Å²) >= 11 is 0. The number of carbonyl (C=O) groups excluding carboxylic acids is 1. The van der Waals surface area contributed by atoms with Gasteiger partial charge in [0, 0.05) is 25.1 Å². The lowest BCUT2D eigenvalue weighted by atomic mass is 10.1. The molecule has 2 amide bonds. The minimum absolute atomic E-state index is 0.353. The van der Waals surface area contributed by atoms with Crippen molar-refractivity contribution in [2.24, 2.45) is 5.92 Å². The molecule has 0 aromatic carbocycles. The Morgan fingerprint density at radius 1 is 1.50 bits per heavy atom. The molecular formula is C15H22N6O3. The van der Waals surface area contributed by atoms with Crippen molar-refractivity contribution < 1.29 is 14.1 Å². The summed E-state index contributed by atoms with van der Waals surface area (Å²) in [6, 6.07) is 1.40. The van der Waals surface area contributed by atoms with Crippen molar-refractivity contribution >= 4 is 11.8 Å². The van der Waals surface area contributed by atoms with Gasteiger partial charge in [0.2, 0.25) is 0 Å². The second-order valence-corrected chi connectivity index (χ2v) is 6.48. The molecule has 0 saturated carbocycles. The average molecular weight is 334 g/mol. The van der Waals surface area contributed by atoms with Crippen molar-refractivity contribution in [3.05, 3.63) is 24.0 Å². The van der Waals surface area contributed by atoms with Crippen LogP contribution in [0.5, 0.6) is 0 Å². The number of hydrogen-bond donors (Lipinski definition) is 2. The highest BCUT2D eigenvalue weighted by Crippen LogP contribution is 2.19. The molecule has 130 valence electrons. The van der Waals surface area contributed by atoms with Gasteiger partial charge in [-0.15, -0.1) is 0 Å². The lowest BCUT2D eigenvalue weighted by Gasteiger charge is -2.22. The van der Waals surface area contributed by atoms with Gasteiger partial charge in [0.25, 0.3) is 5.89 Å². The molecule has 24 heavy (non-hydrogen) atoms. The van der Waals surface area contributed by atoms with Crippen molar-refractivity contribution in [1.82, 2.24) is 25.2 Å². The SMILES string of the molecule is Cc1noc(C(C)(C)NC(=O)Nc2ccnn2CC2CCOC2)n1. The van der Waals surface area contributed by atoms with Crippen LogP contribution in [0.3, 0.4) is 0 Å². The first-order valence-corrected chi connectivity index (χ1v) is 7.93. The van der Waals surface area contributed by atoms with Crippen LogP contribution in [0.2, 0.25) is 0 Å². The topological polar surface area (TPSA) is 107 Å². The molecule has 1 fully saturated rings. The van der Waals surface area contributed by atoms with Gasteiger partial charge < -0.3 is 14.6 Å². The molecule has 9 heteroatoms. The summed E-state index contributed by atoms with van der Waals surface area (Å²) in [7, 11) is 0. The van der Waals surface area contributed by atoms with E-state index < -0.39 is 5.54 Å². The van der Waals surface area contributed by atoms with E-state index in [1.54, 1.807) is 37.7 Å². The van der Waals surface area contributed by atoms with E-state index >= 15 is 0 Å². The third kappa shape index (κ3) is 3.73. The summed E-state index contributed by atoms with van der Waals surface area (Å²) < 4.78 is 12.3. The van der Waals surface area contributed by atoms with E-state index in [0.29, 0.717) is 23.5 Å². The number of rotatable bonds is 5. The van der Waals surface area contributed by atoms with Crippen LogP contribution in [0.4, 0.5) is 10.6 Å². The molecule has 3 heterocycles. The van der Waals surface area contributed by atoms with Gasteiger partial charge >= 0.3 is 6.03 Å². The first-order chi connectivity index (χ1) is 11.4. The molecule has 2 N–H and O–H groups in total. The molecule has 3 rings (SSSR count). The minimum atomic E-state index is -0.782. The van der Waals surface area contributed by atoms with E-state index in [1.807, 2.05) is 0 Å². The van der Waals surface area contributed by atoms with Gasteiger partial charge in [0.15, 0.2) is 5.82 Å². The molecule has 2 aromatic rings.